The molecular weight excluding hydrogens is 463 g/mol. The van der Waals surface area contributed by atoms with Crippen LogP contribution in [0.4, 0.5) is 30.7 Å². The molecule has 1 aliphatic rings. The Bertz CT molecular complexity index is 1120. The van der Waals surface area contributed by atoms with Gasteiger partial charge in [-0.1, -0.05) is 18.2 Å². The van der Waals surface area contributed by atoms with Crippen molar-refractivity contribution >= 4 is 0 Å². The van der Waals surface area contributed by atoms with Crippen LogP contribution >= 0.6 is 0 Å². The average molecular weight is 483 g/mol. The number of halogens is 7. The van der Waals surface area contributed by atoms with Crippen LogP contribution in [0, 0.1) is 5.82 Å². The molecule has 0 N–H and O–H groups in total. The molecule has 0 saturated heterocycles. The zero-order valence-electron chi connectivity index (χ0n) is 17.9. The number of hydrogen-bond acceptors (Lipinski definition) is 2. The SMILES string of the molecule is C[C@@H](O[C@H]1CCc2ncccc2[C@H]1c1ccc(F)cc1)c1cc(C(F)(F)F)cc(C(F)(F)F)c1. The van der Waals surface area contributed by atoms with Gasteiger partial charge in [0.25, 0.3) is 0 Å². The first kappa shape index (κ1) is 24.2. The van der Waals surface area contributed by atoms with Crippen molar-refractivity contribution in [2.24, 2.45) is 0 Å². The number of ether oxygens (including phenoxy) is 1. The third-order valence-corrected chi connectivity index (χ3v) is 5.99. The maximum atomic E-state index is 13.5. The average Bonchev–Trinajstić information content (AvgIpc) is 2.78. The molecule has 1 aliphatic carbocycles. The van der Waals surface area contributed by atoms with Crippen molar-refractivity contribution < 1.29 is 35.5 Å². The zero-order chi connectivity index (χ0) is 24.7. The molecule has 9 heteroatoms. The highest BCUT2D eigenvalue weighted by atomic mass is 19.4. The predicted octanol–water partition coefficient (Wildman–Crippen LogP) is 7.48. The van der Waals surface area contributed by atoms with Crippen LogP contribution in [-0.2, 0) is 23.5 Å². The fraction of sp³-hybridized carbons (Fsp3) is 0.320. The van der Waals surface area contributed by atoms with Gasteiger partial charge in [-0.15, -0.1) is 0 Å². The highest BCUT2D eigenvalue weighted by molar-refractivity contribution is 5.39. The second-order valence-electron chi connectivity index (χ2n) is 8.26. The molecule has 180 valence electrons. The second kappa shape index (κ2) is 9.02. The quantitative estimate of drug-likeness (QED) is 0.359. The van der Waals surface area contributed by atoms with Crippen LogP contribution in [0.5, 0.6) is 0 Å². The van der Waals surface area contributed by atoms with Crippen LogP contribution in [0.25, 0.3) is 0 Å². The van der Waals surface area contributed by atoms with Crippen LogP contribution in [0.3, 0.4) is 0 Å². The summed E-state index contributed by atoms with van der Waals surface area (Å²) in [5.41, 5.74) is -0.632. The van der Waals surface area contributed by atoms with Crippen LogP contribution in [-0.4, -0.2) is 11.1 Å². The Labute approximate surface area is 191 Å². The van der Waals surface area contributed by atoms with E-state index in [0.29, 0.717) is 30.5 Å². The minimum absolute atomic E-state index is 0.0973. The molecule has 0 unspecified atom stereocenters. The van der Waals surface area contributed by atoms with Crippen LogP contribution in [0.1, 0.15) is 58.9 Å². The van der Waals surface area contributed by atoms with E-state index >= 15 is 0 Å². The molecule has 0 spiro atoms. The molecule has 4 rings (SSSR count). The van der Waals surface area contributed by atoms with E-state index in [1.807, 2.05) is 6.07 Å². The number of hydrogen-bond donors (Lipinski definition) is 0. The third-order valence-electron chi connectivity index (χ3n) is 5.99. The van der Waals surface area contributed by atoms with Crippen LogP contribution in [0.15, 0.2) is 60.8 Å². The molecule has 0 radical (unpaired) electrons. The molecule has 0 aliphatic heterocycles. The molecule has 0 fully saturated rings. The molecule has 2 aromatic carbocycles. The maximum absolute atomic E-state index is 13.5. The van der Waals surface area contributed by atoms with Crippen molar-refractivity contribution in [2.45, 2.75) is 50.2 Å². The highest BCUT2D eigenvalue weighted by Gasteiger charge is 2.38. The summed E-state index contributed by atoms with van der Waals surface area (Å²) in [7, 11) is 0. The Kier molecular flexibility index (Phi) is 6.42. The lowest BCUT2D eigenvalue weighted by molar-refractivity contribution is -0.143. The summed E-state index contributed by atoms with van der Waals surface area (Å²) in [6.45, 7) is 1.43. The fourth-order valence-corrected chi connectivity index (χ4v) is 4.35. The lowest BCUT2D eigenvalue weighted by atomic mass is 9.78. The van der Waals surface area contributed by atoms with Crippen LogP contribution < -0.4 is 0 Å². The predicted molar refractivity (Wildman–Crippen MR) is 111 cm³/mol. The normalized spacial score (nSPS) is 19.5. The van der Waals surface area contributed by atoms with Gasteiger partial charge < -0.3 is 4.74 Å². The van der Waals surface area contributed by atoms with Gasteiger partial charge in [0, 0.05) is 17.8 Å². The summed E-state index contributed by atoms with van der Waals surface area (Å²) in [5.74, 6) is -0.839. The van der Waals surface area contributed by atoms with E-state index in [4.69, 9.17) is 4.74 Å². The van der Waals surface area contributed by atoms with Crippen molar-refractivity contribution in [1.29, 1.82) is 0 Å². The summed E-state index contributed by atoms with van der Waals surface area (Å²) < 4.78 is 99.4. The van der Waals surface area contributed by atoms with Crippen molar-refractivity contribution in [3.8, 4) is 0 Å². The van der Waals surface area contributed by atoms with E-state index in [-0.39, 0.29) is 11.6 Å². The van der Waals surface area contributed by atoms with Gasteiger partial charge in [0.15, 0.2) is 0 Å². The Balaban J connectivity index is 1.70. The minimum Gasteiger partial charge on any atom is -0.370 e. The number of nitrogens with zero attached hydrogens (tertiary/aromatic N) is 1. The summed E-state index contributed by atoms with van der Waals surface area (Å²) >= 11 is 0. The molecule has 3 atom stereocenters. The minimum atomic E-state index is -4.94. The number of alkyl halides is 6. The lowest BCUT2D eigenvalue weighted by Gasteiger charge is -2.35. The number of benzene rings is 2. The Morgan fingerprint density at radius 2 is 1.53 bits per heavy atom. The molecule has 34 heavy (non-hydrogen) atoms. The Hall–Kier alpha value is -2.94. The Morgan fingerprint density at radius 3 is 2.12 bits per heavy atom. The number of fused-ring (bicyclic) bond motifs is 1. The summed E-state index contributed by atoms with van der Waals surface area (Å²) in [6, 6.07) is 10.8. The fourth-order valence-electron chi connectivity index (χ4n) is 4.35. The van der Waals surface area contributed by atoms with Crippen molar-refractivity contribution in [2.75, 3.05) is 0 Å². The van der Waals surface area contributed by atoms with Crippen molar-refractivity contribution in [3.05, 3.63) is 100 Å². The smallest absolute Gasteiger partial charge is 0.370 e. The highest BCUT2D eigenvalue weighted by Crippen LogP contribution is 2.42. The molecular formula is C25H20F7NO. The first-order chi connectivity index (χ1) is 15.9. The van der Waals surface area contributed by atoms with Gasteiger partial charge in [-0.2, -0.15) is 26.3 Å². The summed E-state index contributed by atoms with van der Waals surface area (Å²) in [4.78, 5) is 4.38. The first-order valence-corrected chi connectivity index (χ1v) is 10.6. The van der Waals surface area contributed by atoms with E-state index in [2.05, 4.69) is 4.98 Å². The monoisotopic (exact) mass is 483 g/mol. The molecule has 3 aromatic rings. The topological polar surface area (TPSA) is 22.1 Å². The van der Waals surface area contributed by atoms with E-state index in [1.54, 1.807) is 24.4 Å². The van der Waals surface area contributed by atoms with Gasteiger partial charge in [0.05, 0.1) is 23.3 Å². The molecule has 0 amide bonds. The molecule has 1 heterocycles. The van der Waals surface area contributed by atoms with E-state index < -0.39 is 47.4 Å². The van der Waals surface area contributed by atoms with Crippen molar-refractivity contribution in [3.63, 3.8) is 0 Å². The van der Waals surface area contributed by atoms with Gasteiger partial charge in [0.1, 0.15) is 5.82 Å². The second-order valence-corrected chi connectivity index (χ2v) is 8.26. The van der Waals surface area contributed by atoms with Gasteiger partial charge in [-0.3, -0.25) is 4.98 Å². The number of pyridine rings is 1. The van der Waals surface area contributed by atoms with E-state index in [0.717, 1.165) is 11.3 Å². The van der Waals surface area contributed by atoms with Crippen molar-refractivity contribution in [1.82, 2.24) is 4.98 Å². The molecule has 0 saturated carbocycles. The van der Waals surface area contributed by atoms with E-state index in [1.165, 1.54) is 19.1 Å². The molecule has 0 bridgehead atoms. The van der Waals surface area contributed by atoms with Gasteiger partial charge in [-0.25, -0.2) is 4.39 Å². The lowest BCUT2D eigenvalue weighted by Crippen LogP contribution is -2.30. The maximum Gasteiger partial charge on any atom is 0.416 e. The standard InChI is InChI=1S/C25H20F7NO/c1-14(16-11-17(24(27,28)29)13-18(12-16)25(30,31)32)34-22-9-8-21-20(3-2-10-33-21)23(22)15-4-6-19(26)7-5-15/h2-7,10-14,22-23H,8-9H2,1H3/t14-,22+,23-/m1/s1. The van der Waals surface area contributed by atoms with Gasteiger partial charge in [0.2, 0.25) is 0 Å². The van der Waals surface area contributed by atoms with Gasteiger partial charge >= 0.3 is 12.4 Å². The number of aryl methyl sites for hydroxylation is 1. The molecule has 1 aromatic heterocycles. The third kappa shape index (κ3) is 5.09. The number of aromatic nitrogens is 1. The summed E-state index contributed by atoms with van der Waals surface area (Å²) in [5, 5.41) is 0. The zero-order valence-corrected chi connectivity index (χ0v) is 17.9. The Morgan fingerprint density at radius 1 is 0.912 bits per heavy atom. The van der Waals surface area contributed by atoms with Crippen LogP contribution in [0.2, 0.25) is 0 Å². The first-order valence-electron chi connectivity index (χ1n) is 10.6. The largest absolute Gasteiger partial charge is 0.416 e. The molecule has 2 nitrogen and oxygen atoms in total. The van der Waals surface area contributed by atoms with E-state index in [9.17, 15) is 30.7 Å². The van der Waals surface area contributed by atoms with Gasteiger partial charge in [-0.05, 0) is 72.9 Å². The number of rotatable bonds is 4. The summed E-state index contributed by atoms with van der Waals surface area (Å²) in [6.07, 6.45) is -8.89.